The third-order valence-corrected chi connectivity index (χ3v) is 6.06. The molecular weight excluding hydrogens is 490 g/mol. The zero-order valence-corrected chi connectivity index (χ0v) is 21.1. The van der Waals surface area contributed by atoms with E-state index in [4.69, 9.17) is 21.1 Å². The van der Waals surface area contributed by atoms with Gasteiger partial charge in [-0.1, -0.05) is 17.7 Å². The third-order valence-electron chi connectivity index (χ3n) is 5.83. The molecule has 5 rings (SSSR count). The molecular formula is C23H26ClN7O3S. The minimum Gasteiger partial charge on any atom is -0.479 e. The lowest BCUT2D eigenvalue weighted by atomic mass is 10.1. The first-order valence-corrected chi connectivity index (χ1v) is 11.4. The van der Waals surface area contributed by atoms with Crippen LogP contribution < -0.4 is 9.64 Å². The van der Waals surface area contributed by atoms with Crippen LogP contribution in [0.3, 0.4) is 0 Å². The number of aromatic nitrogens is 6. The summed E-state index contributed by atoms with van der Waals surface area (Å²) in [6.45, 7) is 4.63. The van der Waals surface area contributed by atoms with E-state index in [1.54, 1.807) is 20.2 Å². The van der Waals surface area contributed by atoms with E-state index in [1.807, 2.05) is 22.9 Å². The van der Waals surface area contributed by atoms with Crippen LogP contribution in [0, 0.1) is 5.92 Å². The van der Waals surface area contributed by atoms with Gasteiger partial charge in [0.1, 0.15) is 11.0 Å². The standard InChI is InChI=1S/C23H24ClN7O3.H2S/c1-3-34-22(32)16-10-25-31(14-16)23-27-19-11-26-30(20(19)21(28-23)33-2)13-15-7-8-29(12-15)18-6-4-5-17(24)9-18;/h4-6,9-11,14-15H,3,7-8,12-13H2,1-2H3;1H2/t15-;/m0./s1. The molecule has 1 aliphatic heterocycles. The highest BCUT2D eigenvalue weighted by molar-refractivity contribution is 7.59. The molecule has 0 unspecified atom stereocenters. The second-order valence-corrected chi connectivity index (χ2v) is 8.50. The van der Waals surface area contributed by atoms with Gasteiger partial charge < -0.3 is 14.4 Å². The minimum absolute atomic E-state index is 0. The Labute approximate surface area is 214 Å². The van der Waals surface area contributed by atoms with E-state index >= 15 is 0 Å². The van der Waals surface area contributed by atoms with E-state index in [9.17, 15) is 4.79 Å². The van der Waals surface area contributed by atoms with Gasteiger partial charge in [0.05, 0.1) is 31.7 Å². The summed E-state index contributed by atoms with van der Waals surface area (Å²) in [7, 11) is 1.56. The number of nitrogens with zero attached hydrogens (tertiary/aromatic N) is 7. The summed E-state index contributed by atoms with van der Waals surface area (Å²) in [5.74, 6) is 0.644. The summed E-state index contributed by atoms with van der Waals surface area (Å²) < 4.78 is 13.9. The van der Waals surface area contributed by atoms with Crippen molar-refractivity contribution in [2.45, 2.75) is 19.9 Å². The predicted molar refractivity (Wildman–Crippen MR) is 137 cm³/mol. The fourth-order valence-corrected chi connectivity index (χ4v) is 4.41. The Morgan fingerprint density at radius 3 is 2.86 bits per heavy atom. The van der Waals surface area contributed by atoms with E-state index in [2.05, 4.69) is 31.1 Å². The van der Waals surface area contributed by atoms with Gasteiger partial charge in [-0.25, -0.2) is 14.5 Å². The summed E-state index contributed by atoms with van der Waals surface area (Å²) in [4.78, 5) is 23.4. The minimum atomic E-state index is -0.446. The highest BCUT2D eigenvalue weighted by Gasteiger charge is 2.25. The monoisotopic (exact) mass is 515 g/mol. The predicted octanol–water partition coefficient (Wildman–Crippen LogP) is 3.49. The summed E-state index contributed by atoms with van der Waals surface area (Å²) >= 11 is 6.16. The van der Waals surface area contributed by atoms with Crippen LogP contribution >= 0.6 is 25.1 Å². The van der Waals surface area contributed by atoms with Gasteiger partial charge in [0, 0.05) is 36.5 Å². The Balaban J connectivity index is 0.00000289. The molecule has 1 aromatic carbocycles. The van der Waals surface area contributed by atoms with Gasteiger partial charge in [0.25, 0.3) is 5.95 Å². The Morgan fingerprint density at radius 1 is 1.23 bits per heavy atom. The summed E-state index contributed by atoms with van der Waals surface area (Å²) in [5.41, 5.74) is 2.82. The van der Waals surface area contributed by atoms with Crippen LogP contribution in [0.2, 0.25) is 5.02 Å². The number of carbonyl (C=O) groups is 1. The molecule has 1 fully saturated rings. The van der Waals surface area contributed by atoms with Gasteiger partial charge in [-0.05, 0) is 37.5 Å². The summed E-state index contributed by atoms with van der Waals surface area (Å²) in [6.07, 6.45) is 5.70. The normalized spacial score (nSPS) is 15.3. The second kappa shape index (κ2) is 10.5. The number of fused-ring (bicyclic) bond motifs is 1. The first-order chi connectivity index (χ1) is 16.6. The van der Waals surface area contributed by atoms with Crippen molar-refractivity contribution < 1.29 is 14.3 Å². The lowest BCUT2D eigenvalue weighted by molar-refractivity contribution is 0.0526. The maximum atomic E-state index is 12.0. The zero-order chi connectivity index (χ0) is 23.7. The highest BCUT2D eigenvalue weighted by Crippen LogP contribution is 2.29. The van der Waals surface area contributed by atoms with Crippen LogP contribution in [0.25, 0.3) is 17.0 Å². The second-order valence-electron chi connectivity index (χ2n) is 8.07. The molecule has 0 radical (unpaired) electrons. The number of methoxy groups -OCH3 is 1. The molecule has 1 aliphatic rings. The van der Waals surface area contributed by atoms with Gasteiger partial charge in [0.2, 0.25) is 5.88 Å². The van der Waals surface area contributed by atoms with Crippen LogP contribution in [0.15, 0.2) is 42.9 Å². The molecule has 3 aromatic heterocycles. The highest BCUT2D eigenvalue weighted by atomic mass is 35.5. The largest absolute Gasteiger partial charge is 0.479 e. The number of benzene rings is 1. The van der Waals surface area contributed by atoms with Gasteiger partial charge in [-0.15, -0.1) is 0 Å². The quantitative estimate of drug-likeness (QED) is 0.345. The van der Waals surface area contributed by atoms with Crippen LogP contribution in [0.4, 0.5) is 5.69 Å². The number of ether oxygens (including phenoxy) is 2. The molecule has 1 saturated heterocycles. The molecule has 0 spiro atoms. The number of carbonyl (C=O) groups excluding carboxylic acids is 1. The van der Waals surface area contributed by atoms with Crippen molar-refractivity contribution >= 4 is 47.8 Å². The Morgan fingerprint density at radius 2 is 2.09 bits per heavy atom. The lowest BCUT2D eigenvalue weighted by Gasteiger charge is -2.19. The average molecular weight is 516 g/mol. The van der Waals surface area contributed by atoms with Crippen molar-refractivity contribution in [2.75, 3.05) is 31.7 Å². The van der Waals surface area contributed by atoms with Crippen molar-refractivity contribution in [1.82, 2.24) is 29.5 Å². The van der Waals surface area contributed by atoms with Gasteiger partial charge >= 0.3 is 5.97 Å². The molecule has 184 valence electrons. The van der Waals surface area contributed by atoms with Crippen LogP contribution in [-0.2, 0) is 11.3 Å². The first-order valence-electron chi connectivity index (χ1n) is 11.1. The number of rotatable bonds is 7. The van der Waals surface area contributed by atoms with Crippen LogP contribution in [0.1, 0.15) is 23.7 Å². The van der Waals surface area contributed by atoms with E-state index < -0.39 is 5.97 Å². The van der Waals surface area contributed by atoms with E-state index in [-0.39, 0.29) is 26.1 Å². The van der Waals surface area contributed by atoms with Crippen molar-refractivity contribution in [3.63, 3.8) is 0 Å². The van der Waals surface area contributed by atoms with E-state index in [0.717, 1.165) is 35.7 Å². The van der Waals surface area contributed by atoms with Gasteiger partial charge in [-0.2, -0.15) is 28.7 Å². The SMILES string of the molecule is CCOC(=O)c1cnn(-c2nc(OC)c3c(cnn3C[C@H]3CCN(c4cccc(Cl)c4)C3)n2)c1.S. The molecule has 12 heteroatoms. The zero-order valence-electron chi connectivity index (χ0n) is 19.4. The molecule has 0 aliphatic carbocycles. The number of anilines is 1. The molecule has 0 amide bonds. The van der Waals surface area contributed by atoms with Crippen molar-refractivity contribution in [1.29, 1.82) is 0 Å². The van der Waals surface area contributed by atoms with Crippen molar-refractivity contribution in [2.24, 2.45) is 5.92 Å². The van der Waals surface area contributed by atoms with Crippen molar-refractivity contribution in [3.8, 4) is 11.8 Å². The fraction of sp³-hybridized carbons (Fsp3) is 0.348. The molecule has 4 aromatic rings. The van der Waals surface area contributed by atoms with Gasteiger partial charge in [-0.3, -0.25) is 4.68 Å². The maximum absolute atomic E-state index is 12.0. The molecule has 0 bridgehead atoms. The lowest BCUT2D eigenvalue weighted by Crippen LogP contribution is -2.21. The molecule has 35 heavy (non-hydrogen) atoms. The topological polar surface area (TPSA) is 100 Å². The van der Waals surface area contributed by atoms with Crippen LogP contribution in [-0.4, -0.2) is 62.3 Å². The number of halogens is 1. The number of hydrogen-bond acceptors (Lipinski definition) is 8. The Hall–Kier alpha value is -3.31. The summed E-state index contributed by atoms with van der Waals surface area (Å²) in [5, 5.41) is 9.50. The molecule has 4 heterocycles. The molecule has 0 saturated carbocycles. The summed E-state index contributed by atoms with van der Waals surface area (Å²) in [6, 6.07) is 7.93. The van der Waals surface area contributed by atoms with Gasteiger partial charge in [0.15, 0.2) is 0 Å². The first kappa shape index (κ1) is 24.8. The fourth-order valence-electron chi connectivity index (χ4n) is 4.22. The number of hydrogen-bond donors (Lipinski definition) is 0. The Kier molecular flexibility index (Phi) is 7.46. The number of esters is 1. The average Bonchev–Trinajstić information content (AvgIpc) is 3.59. The van der Waals surface area contributed by atoms with Crippen LogP contribution in [0.5, 0.6) is 5.88 Å². The molecule has 1 atom stereocenters. The Bertz CT molecular complexity index is 1340. The van der Waals surface area contributed by atoms with Crippen molar-refractivity contribution in [3.05, 3.63) is 53.4 Å². The molecule has 0 N–H and O–H groups in total. The molecule has 10 nitrogen and oxygen atoms in total. The van der Waals surface area contributed by atoms with E-state index in [0.29, 0.717) is 29.4 Å². The van der Waals surface area contributed by atoms with E-state index in [1.165, 1.54) is 17.1 Å². The smallest absolute Gasteiger partial charge is 0.341 e. The maximum Gasteiger partial charge on any atom is 0.341 e. The third kappa shape index (κ3) is 5.06.